The van der Waals surface area contributed by atoms with E-state index in [1.807, 2.05) is 29.3 Å². The Hall–Kier alpha value is -1.84. The van der Waals surface area contributed by atoms with Gasteiger partial charge in [0.15, 0.2) is 0 Å². The van der Waals surface area contributed by atoms with Gasteiger partial charge in [-0.25, -0.2) is 0 Å². The van der Waals surface area contributed by atoms with Crippen molar-refractivity contribution in [2.75, 3.05) is 11.6 Å². The maximum atomic E-state index is 11.0. The van der Waals surface area contributed by atoms with E-state index in [1.54, 1.807) is 6.92 Å². The standard InChI is InChI=1S/C12H14N2O2/c1-9(15)8-10-2-4-11(5-3-10)14-7-6-12(16)13-14/h2-5H,6-8H2,1H3,(H,13,16). The van der Waals surface area contributed by atoms with Gasteiger partial charge in [0.2, 0.25) is 5.91 Å². The molecule has 1 heterocycles. The third-order valence-corrected chi connectivity index (χ3v) is 2.52. The molecule has 16 heavy (non-hydrogen) atoms. The van der Waals surface area contributed by atoms with Gasteiger partial charge in [-0.2, -0.15) is 0 Å². The first-order valence-electron chi connectivity index (χ1n) is 5.30. The molecule has 4 nitrogen and oxygen atoms in total. The second-order valence-corrected chi connectivity index (χ2v) is 3.98. The maximum absolute atomic E-state index is 11.0. The predicted molar refractivity (Wildman–Crippen MR) is 60.9 cm³/mol. The Bertz CT molecular complexity index is 412. The fourth-order valence-electron chi connectivity index (χ4n) is 1.75. The Labute approximate surface area is 94.2 Å². The van der Waals surface area contributed by atoms with Gasteiger partial charge in [0, 0.05) is 19.4 Å². The van der Waals surface area contributed by atoms with Crippen molar-refractivity contribution in [3.8, 4) is 0 Å². The molecular formula is C12H14N2O2. The molecule has 0 bridgehead atoms. The molecule has 2 rings (SSSR count). The fourth-order valence-corrected chi connectivity index (χ4v) is 1.75. The van der Waals surface area contributed by atoms with Gasteiger partial charge >= 0.3 is 0 Å². The number of hydrogen-bond donors (Lipinski definition) is 1. The molecular weight excluding hydrogens is 204 g/mol. The van der Waals surface area contributed by atoms with Crippen molar-refractivity contribution in [3.63, 3.8) is 0 Å². The van der Waals surface area contributed by atoms with E-state index in [0.717, 1.165) is 11.3 Å². The monoisotopic (exact) mass is 218 g/mol. The normalized spacial score (nSPS) is 15.1. The first-order valence-corrected chi connectivity index (χ1v) is 5.30. The highest BCUT2D eigenvalue weighted by atomic mass is 16.2. The van der Waals surface area contributed by atoms with E-state index < -0.39 is 0 Å². The first-order chi connectivity index (χ1) is 7.65. The molecule has 0 aromatic heterocycles. The number of anilines is 1. The van der Waals surface area contributed by atoms with Gasteiger partial charge in [-0.3, -0.25) is 20.0 Å². The number of Topliss-reactive ketones (excluding diaryl/α,β-unsaturated/α-hetero) is 1. The third-order valence-electron chi connectivity index (χ3n) is 2.52. The van der Waals surface area contributed by atoms with Gasteiger partial charge in [0.1, 0.15) is 5.78 Å². The fraction of sp³-hybridized carbons (Fsp3) is 0.333. The molecule has 0 unspecified atom stereocenters. The zero-order valence-corrected chi connectivity index (χ0v) is 9.19. The molecule has 0 saturated carbocycles. The van der Waals surface area contributed by atoms with Crippen molar-refractivity contribution in [3.05, 3.63) is 29.8 Å². The summed E-state index contributed by atoms with van der Waals surface area (Å²) in [6.07, 6.45) is 1.00. The summed E-state index contributed by atoms with van der Waals surface area (Å²) >= 11 is 0. The molecule has 1 fully saturated rings. The molecule has 0 aliphatic carbocycles. The SMILES string of the molecule is CC(=O)Cc1ccc(N2CCC(=O)N2)cc1. The molecule has 0 atom stereocenters. The number of carbonyl (C=O) groups is 2. The third kappa shape index (κ3) is 2.39. The van der Waals surface area contributed by atoms with E-state index in [4.69, 9.17) is 0 Å². The summed E-state index contributed by atoms with van der Waals surface area (Å²) < 4.78 is 0. The molecule has 0 radical (unpaired) electrons. The lowest BCUT2D eigenvalue weighted by Gasteiger charge is -2.17. The molecule has 1 aromatic carbocycles. The average Bonchev–Trinajstić information content (AvgIpc) is 2.65. The van der Waals surface area contributed by atoms with Crippen molar-refractivity contribution in [1.29, 1.82) is 0 Å². The van der Waals surface area contributed by atoms with Crippen LogP contribution in [0.4, 0.5) is 5.69 Å². The van der Waals surface area contributed by atoms with E-state index in [-0.39, 0.29) is 11.7 Å². The van der Waals surface area contributed by atoms with Crippen LogP contribution < -0.4 is 10.4 Å². The lowest BCUT2D eigenvalue weighted by atomic mass is 10.1. The molecule has 1 aromatic rings. The highest BCUT2D eigenvalue weighted by molar-refractivity contribution is 5.81. The molecule has 1 aliphatic rings. The van der Waals surface area contributed by atoms with Crippen molar-refractivity contribution in [2.45, 2.75) is 19.8 Å². The van der Waals surface area contributed by atoms with Crippen LogP contribution in [0.25, 0.3) is 0 Å². The Morgan fingerprint density at radius 3 is 2.56 bits per heavy atom. The van der Waals surface area contributed by atoms with Gasteiger partial charge in [-0.05, 0) is 24.6 Å². The number of hydrogen-bond acceptors (Lipinski definition) is 3. The van der Waals surface area contributed by atoms with Crippen molar-refractivity contribution < 1.29 is 9.59 Å². The Balaban J connectivity index is 2.07. The lowest BCUT2D eigenvalue weighted by molar-refractivity contribution is -0.119. The van der Waals surface area contributed by atoms with Crippen molar-refractivity contribution in [2.24, 2.45) is 0 Å². The number of hydrazine groups is 1. The van der Waals surface area contributed by atoms with Gasteiger partial charge in [0.05, 0.1) is 5.69 Å². The van der Waals surface area contributed by atoms with Gasteiger partial charge in [-0.15, -0.1) is 0 Å². The minimum atomic E-state index is 0.0489. The van der Waals surface area contributed by atoms with Crippen LogP contribution in [0.5, 0.6) is 0 Å². The topological polar surface area (TPSA) is 49.4 Å². The van der Waals surface area contributed by atoms with Crippen LogP contribution in [0.3, 0.4) is 0 Å². The van der Waals surface area contributed by atoms with Crippen LogP contribution in [0.1, 0.15) is 18.9 Å². The summed E-state index contributed by atoms with van der Waals surface area (Å²) in [5.74, 6) is 0.204. The maximum Gasteiger partial charge on any atom is 0.240 e. The molecule has 1 amide bonds. The molecule has 1 saturated heterocycles. The van der Waals surface area contributed by atoms with E-state index in [0.29, 0.717) is 19.4 Å². The minimum Gasteiger partial charge on any atom is -0.300 e. The second kappa shape index (κ2) is 4.35. The molecule has 1 aliphatic heterocycles. The number of ketones is 1. The summed E-state index contributed by atoms with van der Waals surface area (Å²) in [6.45, 7) is 2.28. The molecule has 0 spiro atoms. The number of rotatable bonds is 3. The van der Waals surface area contributed by atoms with Gasteiger partial charge in [-0.1, -0.05) is 12.1 Å². The zero-order valence-electron chi connectivity index (χ0n) is 9.19. The number of benzene rings is 1. The minimum absolute atomic E-state index is 0.0489. The largest absolute Gasteiger partial charge is 0.300 e. The van der Waals surface area contributed by atoms with Gasteiger partial charge in [0.25, 0.3) is 0 Å². The van der Waals surface area contributed by atoms with Crippen LogP contribution in [0.15, 0.2) is 24.3 Å². The number of nitrogens with zero attached hydrogens (tertiary/aromatic N) is 1. The van der Waals surface area contributed by atoms with Crippen LogP contribution in [-0.4, -0.2) is 18.2 Å². The van der Waals surface area contributed by atoms with Gasteiger partial charge < -0.3 is 0 Å². The summed E-state index contributed by atoms with van der Waals surface area (Å²) in [5.41, 5.74) is 4.72. The second-order valence-electron chi connectivity index (χ2n) is 3.98. The zero-order chi connectivity index (χ0) is 11.5. The van der Waals surface area contributed by atoms with E-state index in [1.165, 1.54) is 0 Å². The Morgan fingerprint density at radius 2 is 2.06 bits per heavy atom. The quantitative estimate of drug-likeness (QED) is 0.825. The van der Waals surface area contributed by atoms with Crippen LogP contribution in [0, 0.1) is 0 Å². The first kappa shape index (κ1) is 10.7. The number of carbonyl (C=O) groups excluding carboxylic acids is 2. The van der Waals surface area contributed by atoms with E-state index in [9.17, 15) is 9.59 Å². The highest BCUT2D eigenvalue weighted by Crippen LogP contribution is 2.16. The smallest absolute Gasteiger partial charge is 0.240 e. The number of nitrogens with one attached hydrogen (secondary N) is 1. The highest BCUT2D eigenvalue weighted by Gasteiger charge is 2.18. The molecule has 4 heteroatoms. The van der Waals surface area contributed by atoms with Crippen molar-refractivity contribution in [1.82, 2.24) is 5.43 Å². The van der Waals surface area contributed by atoms with Crippen molar-refractivity contribution >= 4 is 17.4 Å². The van der Waals surface area contributed by atoms with E-state index >= 15 is 0 Å². The van der Waals surface area contributed by atoms with Crippen LogP contribution in [-0.2, 0) is 16.0 Å². The average molecular weight is 218 g/mol. The summed E-state index contributed by atoms with van der Waals surface area (Å²) in [4.78, 5) is 22.0. The summed E-state index contributed by atoms with van der Waals surface area (Å²) in [7, 11) is 0. The molecule has 84 valence electrons. The lowest BCUT2D eigenvalue weighted by Crippen LogP contribution is -2.32. The predicted octanol–water partition coefficient (Wildman–Crippen LogP) is 1.06. The molecule has 1 N–H and O–H groups in total. The Morgan fingerprint density at radius 1 is 1.38 bits per heavy atom. The summed E-state index contributed by atoms with van der Waals surface area (Å²) in [5, 5.41) is 1.82. The van der Waals surface area contributed by atoms with Crippen LogP contribution >= 0.6 is 0 Å². The van der Waals surface area contributed by atoms with E-state index in [2.05, 4.69) is 5.43 Å². The Kier molecular flexibility index (Phi) is 2.90. The van der Waals surface area contributed by atoms with Crippen LogP contribution in [0.2, 0.25) is 0 Å². The summed E-state index contributed by atoms with van der Waals surface area (Å²) in [6, 6.07) is 7.68. The number of amides is 1.